The maximum absolute atomic E-state index is 14.4. The number of nitrogens with zero attached hydrogens (tertiary/aromatic N) is 1. The van der Waals surface area contributed by atoms with Crippen LogP contribution in [0.5, 0.6) is 0 Å². The van der Waals surface area contributed by atoms with Gasteiger partial charge in [-0.3, -0.25) is 4.79 Å². The highest BCUT2D eigenvalue weighted by Gasteiger charge is 2.48. The fourth-order valence-electron chi connectivity index (χ4n) is 5.27. The zero-order valence-electron chi connectivity index (χ0n) is 18.0. The Morgan fingerprint density at radius 2 is 1.59 bits per heavy atom. The second-order valence-corrected chi connectivity index (χ2v) is 8.91. The number of amides is 1. The quantitative estimate of drug-likeness (QED) is 0.720. The van der Waals surface area contributed by atoms with E-state index in [4.69, 9.17) is 0 Å². The molecule has 174 valence electrons. The molecule has 1 amide bonds. The molecular formula is C24H28ClF3N2O2. The molecule has 8 heteroatoms. The van der Waals surface area contributed by atoms with Gasteiger partial charge in [0.25, 0.3) is 0 Å². The molecule has 0 aliphatic carbocycles. The third-order valence-corrected chi connectivity index (χ3v) is 7.00. The molecule has 4 rings (SSSR count). The van der Waals surface area contributed by atoms with Crippen LogP contribution in [0, 0.1) is 35.2 Å². The minimum atomic E-state index is -1.18. The Bertz CT molecular complexity index is 960. The lowest BCUT2D eigenvalue weighted by atomic mass is 9.70. The van der Waals surface area contributed by atoms with E-state index in [0.717, 1.165) is 6.07 Å². The van der Waals surface area contributed by atoms with Gasteiger partial charge < -0.3 is 15.3 Å². The Morgan fingerprint density at radius 1 is 1.00 bits per heavy atom. The van der Waals surface area contributed by atoms with E-state index in [1.165, 1.54) is 24.3 Å². The molecule has 2 unspecified atom stereocenters. The number of hydrogen-bond donors (Lipinski definition) is 2. The van der Waals surface area contributed by atoms with Crippen molar-refractivity contribution in [3.05, 3.63) is 71.0 Å². The largest absolute Gasteiger partial charge is 0.384 e. The van der Waals surface area contributed by atoms with Crippen molar-refractivity contribution in [3.63, 3.8) is 0 Å². The second-order valence-electron chi connectivity index (χ2n) is 8.91. The summed E-state index contributed by atoms with van der Waals surface area (Å²) < 4.78 is 41.1. The lowest BCUT2D eigenvalue weighted by Crippen LogP contribution is -2.57. The highest BCUT2D eigenvalue weighted by atomic mass is 35.5. The average molecular weight is 469 g/mol. The number of rotatable bonds is 3. The van der Waals surface area contributed by atoms with E-state index in [-0.39, 0.29) is 41.9 Å². The first-order valence-corrected chi connectivity index (χ1v) is 10.6. The van der Waals surface area contributed by atoms with Gasteiger partial charge in [0, 0.05) is 50.0 Å². The Kier molecular flexibility index (Phi) is 7.22. The molecule has 4 nitrogen and oxygen atoms in total. The van der Waals surface area contributed by atoms with E-state index in [1.54, 1.807) is 17.0 Å². The van der Waals surface area contributed by atoms with Gasteiger partial charge in [-0.25, -0.2) is 13.2 Å². The lowest BCUT2D eigenvalue weighted by Gasteiger charge is -2.48. The maximum atomic E-state index is 14.4. The molecule has 0 radical (unpaired) electrons. The molecule has 2 N–H and O–H groups in total. The van der Waals surface area contributed by atoms with E-state index in [2.05, 4.69) is 5.32 Å². The van der Waals surface area contributed by atoms with Crippen LogP contribution in [0.3, 0.4) is 0 Å². The van der Waals surface area contributed by atoms with E-state index < -0.39 is 23.2 Å². The highest BCUT2D eigenvalue weighted by molar-refractivity contribution is 5.85. The topological polar surface area (TPSA) is 52.6 Å². The number of halogens is 4. The number of nitrogens with one attached hydrogen (secondary N) is 1. The van der Waals surface area contributed by atoms with Gasteiger partial charge in [-0.2, -0.15) is 0 Å². The number of carbonyl (C=O) groups excluding carboxylic acids is 1. The molecular weight excluding hydrogens is 441 g/mol. The first-order valence-electron chi connectivity index (χ1n) is 10.6. The Balaban J connectivity index is 0.00000289. The molecule has 0 aromatic heterocycles. The van der Waals surface area contributed by atoms with Gasteiger partial charge in [0.05, 0.1) is 11.5 Å². The highest BCUT2D eigenvalue weighted by Crippen LogP contribution is 2.42. The average Bonchev–Trinajstić information content (AvgIpc) is 3.21. The number of hydrogen-bond acceptors (Lipinski definition) is 3. The molecule has 32 heavy (non-hydrogen) atoms. The minimum absolute atomic E-state index is 0. The SMILES string of the molecule is CC1CN(C(=O)[C@@H]2CNC[C@H]2c2ccc(F)cc2F)CC(C)C1(O)c1ccc(F)cc1.Cl. The van der Waals surface area contributed by atoms with Crippen molar-refractivity contribution >= 4 is 18.3 Å². The molecule has 2 aromatic carbocycles. The summed E-state index contributed by atoms with van der Waals surface area (Å²) in [5, 5.41) is 14.6. The first kappa shape index (κ1) is 24.6. The summed E-state index contributed by atoms with van der Waals surface area (Å²) in [4.78, 5) is 15.1. The standard InChI is InChI=1S/C24H27F3N2O2.ClH/c1-14-12-29(13-15(2)24(14,31)16-3-5-17(25)6-4-16)23(30)21-11-28-10-20(21)19-8-7-18(26)9-22(19)27;/h3-9,14-15,20-21,28,31H,10-13H2,1-2H3;1H/t14?,15?,20-,21+,24?;/m0./s1. The van der Waals surface area contributed by atoms with Gasteiger partial charge in [0.15, 0.2) is 0 Å². The van der Waals surface area contributed by atoms with E-state index in [9.17, 15) is 23.1 Å². The zero-order valence-corrected chi connectivity index (χ0v) is 18.8. The second kappa shape index (κ2) is 9.41. The predicted octanol–water partition coefficient (Wildman–Crippen LogP) is 3.83. The monoisotopic (exact) mass is 468 g/mol. The van der Waals surface area contributed by atoms with Gasteiger partial charge in [0.2, 0.25) is 5.91 Å². The van der Waals surface area contributed by atoms with Crippen LogP contribution in [-0.2, 0) is 10.4 Å². The van der Waals surface area contributed by atoms with Gasteiger partial charge >= 0.3 is 0 Å². The van der Waals surface area contributed by atoms with Crippen LogP contribution < -0.4 is 5.32 Å². The van der Waals surface area contributed by atoms with Crippen LogP contribution in [0.25, 0.3) is 0 Å². The number of aliphatic hydroxyl groups is 1. The van der Waals surface area contributed by atoms with Gasteiger partial charge in [0.1, 0.15) is 17.5 Å². The van der Waals surface area contributed by atoms with Crippen molar-refractivity contribution in [2.45, 2.75) is 25.4 Å². The van der Waals surface area contributed by atoms with Crippen LogP contribution in [0.2, 0.25) is 0 Å². The van der Waals surface area contributed by atoms with Gasteiger partial charge in [-0.15, -0.1) is 12.4 Å². The van der Waals surface area contributed by atoms with Crippen molar-refractivity contribution in [1.29, 1.82) is 0 Å². The van der Waals surface area contributed by atoms with E-state index >= 15 is 0 Å². The van der Waals surface area contributed by atoms with Crippen molar-refractivity contribution in [2.24, 2.45) is 17.8 Å². The Labute approximate surface area is 192 Å². The molecule has 2 aromatic rings. The van der Waals surface area contributed by atoms with Crippen LogP contribution in [-0.4, -0.2) is 42.1 Å². The van der Waals surface area contributed by atoms with Crippen LogP contribution in [0.4, 0.5) is 13.2 Å². The minimum Gasteiger partial charge on any atom is -0.384 e. The van der Waals surface area contributed by atoms with Crippen molar-refractivity contribution < 1.29 is 23.1 Å². The fourth-order valence-corrected chi connectivity index (χ4v) is 5.27. The smallest absolute Gasteiger partial charge is 0.227 e. The fraction of sp³-hybridized carbons (Fsp3) is 0.458. The summed E-state index contributed by atoms with van der Waals surface area (Å²) in [6.45, 7) is 5.30. The third-order valence-electron chi connectivity index (χ3n) is 7.00. The molecule has 0 bridgehead atoms. The van der Waals surface area contributed by atoms with Crippen LogP contribution in [0.15, 0.2) is 42.5 Å². The summed E-state index contributed by atoms with van der Waals surface area (Å²) in [6, 6.07) is 9.32. The van der Waals surface area contributed by atoms with Crippen molar-refractivity contribution in [1.82, 2.24) is 10.2 Å². The lowest BCUT2D eigenvalue weighted by molar-refractivity contribution is -0.152. The third kappa shape index (κ3) is 4.26. The van der Waals surface area contributed by atoms with Gasteiger partial charge in [-0.1, -0.05) is 32.0 Å². The molecule has 2 aliphatic rings. The number of carbonyl (C=O) groups is 1. The van der Waals surface area contributed by atoms with Crippen LogP contribution >= 0.6 is 12.4 Å². The van der Waals surface area contributed by atoms with E-state index in [0.29, 0.717) is 37.3 Å². The summed E-state index contributed by atoms with van der Waals surface area (Å²) in [5.74, 6) is -3.15. The normalized spacial score (nSPS) is 30.1. The van der Waals surface area contributed by atoms with Crippen molar-refractivity contribution in [2.75, 3.05) is 26.2 Å². The van der Waals surface area contributed by atoms with Crippen LogP contribution in [0.1, 0.15) is 30.9 Å². The molecule has 0 spiro atoms. The van der Waals surface area contributed by atoms with Crippen molar-refractivity contribution in [3.8, 4) is 0 Å². The molecule has 4 atom stereocenters. The molecule has 2 aliphatic heterocycles. The molecule has 2 heterocycles. The summed E-state index contributed by atoms with van der Waals surface area (Å²) in [7, 11) is 0. The number of piperidine rings is 1. The summed E-state index contributed by atoms with van der Waals surface area (Å²) in [5.41, 5.74) is -0.207. The summed E-state index contributed by atoms with van der Waals surface area (Å²) >= 11 is 0. The molecule has 2 saturated heterocycles. The first-order chi connectivity index (χ1) is 14.7. The Morgan fingerprint density at radius 3 is 2.19 bits per heavy atom. The predicted molar refractivity (Wildman–Crippen MR) is 118 cm³/mol. The van der Waals surface area contributed by atoms with E-state index in [1.807, 2.05) is 13.8 Å². The number of likely N-dealkylation sites (tertiary alicyclic amines) is 1. The maximum Gasteiger partial charge on any atom is 0.227 e. The number of benzene rings is 2. The zero-order chi connectivity index (χ0) is 22.3. The van der Waals surface area contributed by atoms with Gasteiger partial charge in [-0.05, 0) is 29.3 Å². The summed E-state index contributed by atoms with van der Waals surface area (Å²) in [6.07, 6.45) is 0. The molecule has 0 saturated carbocycles. The molecule has 2 fully saturated rings. The Hall–Kier alpha value is -2.09.